The summed E-state index contributed by atoms with van der Waals surface area (Å²) >= 11 is 0. The Kier molecular flexibility index (Phi) is 5.41. The second-order valence-electron chi connectivity index (χ2n) is 3.93. The number of amides is 4. The van der Waals surface area contributed by atoms with Gasteiger partial charge in [0.15, 0.2) is 0 Å². The molecule has 1 heterocycles. The average molecular weight is 242 g/mol. The van der Waals surface area contributed by atoms with Gasteiger partial charge in [-0.25, -0.2) is 4.79 Å². The highest BCUT2D eigenvalue weighted by atomic mass is 16.2. The third-order valence-corrected chi connectivity index (χ3v) is 2.52. The van der Waals surface area contributed by atoms with Gasteiger partial charge in [-0.05, 0) is 12.8 Å². The van der Waals surface area contributed by atoms with Crippen LogP contribution in [0, 0.1) is 0 Å². The third-order valence-electron chi connectivity index (χ3n) is 2.52. The van der Waals surface area contributed by atoms with Crippen LogP contribution in [0.3, 0.4) is 0 Å². The molecule has 0 radical (unpaired) electrons. The normalized spacial score (nSPS) is 14.7. The first kappa shape index (κ1) is 13.4. The molecule has 96 valence electrons. The van der Waals surface area contributed by atoms with E-state index in [0.29, 0.717) is 13.0 Å². The van der Waals surface area contributed by atoms with Crippen molar-refractivity contribution in [2.75, 3.05) is 26.2 Å². The van der Waals surface area contributed by atoms with E-state index < -0.39 is 11.9 Å². The van der Waals surface area contributed by atoms with Crippen LogP contribution < -0.4 is 16.4 Å². The van der Waals surface area contributed by atoms with E-state index in [1.54, 1.807) is 0 Å². The number of likely N-dealkylation sites (tertiary alicyclic amines) is 1. The number of rotatable bonds is 5. The monoisotopic (exact) mass is 242 g/mol. The number of hydrogen-bond donors (Lipinski definition) is 3. The van der Waals surface area contributed by atoms with E-state index in [2.05, 4.69) is 5.32 Å². The molecule has 0 bridgehead atoms. The van der Waals surface area contributed by atoms with E-state index >= 15 is 0 Å². The minimum atomic E-state index is -0.870. The van der Waals surface area contributed by atoms with E-state index in [0.717, 1.165) is 25.9 Å². The number of nitrogens with one attached hydrogen (secondary N) is 2. The molecule has 0 aromatic heterocycles. The van der Waals surface area contributed by atoms with E-state index in [-0.39, 0.29) is 12.5 Å². The lowest BCUT2D eigenvalue weighted by atomic mass is 10.3. The molecule has 1 rings (SSSR count). The van der Waals surface area contributed by atoms with Crippen LogP contribution in [0.5, 0.6) is 0 Å². The molecule has 0 aromatic carbocycles. The Hall–Kier alpha value is -1.63. The summed E-state index contributed by atoms with van der Waals surface area (Å²) in [6, 6.07) is -0.870. The smallest absolute Gasteiger partial charge is 0.318 e. The molecule has 0 saturated carbocycles. The number of hydrogen-bond acceptors (Lipinski definition) is 4. The van der Waals surface area contributed by atoms with Gasteiger partial charge in [-0.15, -0.1) is 0 Å². The summed E-state index contributed by atoms with van der Waals surface area (Å²) in [4.78, 5) is 34.7. The second-order valence-corrected chi connectivity index (χ2v) is 3.93. The Bertz CT molecular complexity index is 300. The van der Waals surface area contributed by atoms with Crippen molar-refractivity contribution >= 4 is 17.8 Å². The van der Waals surface area contributed by atoms with Gasteiger partial charge >= 0.3 is 6.03 Å². The zero-order valence-corrected chi connectivity index (χ0v) is 9.70. The molecule has 1 saturated heterocycles. The first-order valence-corrected chi connectivity index (χ1v) is 5.67. The maximum atomic E-state index is 11.6. The van der Waals surface area contributed by atoms with Crippen LogP contribution in [0.15, 0.2) is 0 Å². The van der Waals surface area contributed by atoms with Gasteiger partial charge in [0.25, 0.3) is 0 Å². The van der Waals surface area contributed by atoms with Crippen molar-refractivity contribution in [2.24, 2.45) is 5.73 Å². The van der Waals surface area contributed by atoms with Gasteiger partial charge in [0.2, 0.25) is 11.8 Å². The van der Waals surface area contributed by atoms with Crippen molar-refractivity contribution in [2.45, 2.75) is 19.3 Å². The quantitative estimate of drug-likeness (QED) is 0.526. The SMILES string of the molecule is NC(=O)NC(=O)CNCCC(=O)N1CCCC1. The van der Waals surface area contributed by atoms with Crippen LogP contribution in [-0.2, 0) is 9.59 Å². The molecule has 1 fully saturated rings. The fraction of sp³-hybridized carbons (Fsp3) is 0.700. The minimum absolute atomic E-state index is 0.0176. The van der Waals surface area contributed by atoms with Crippen molar-refractivity contribution in [3.8, 4) is 0 Å². The van der Waals surface area contributed by atoms with Crippen LogP contribution >= 0.6 is 0 Å². The van der Waals surface area contributed by atoms with Gasteiger partial charge in [0.05, 0.1) is 6.54 Å². The molecule has 7 heteroatoms. The van der Waals surface area contributed by atoms with Crippen molar-refractivity contribution < 1.29 is 14.4 Å². The predicted octanol–water partition coefficient (Wildman–Crippen LogP) is -1.22. The van der Waals surface area contributed by atoms with Crippen molar-refractivity contribution in [3.63, 3.8) is 0 Å². The minimum Gasteiger partial charge on any atom is -0.351 e. The predicted molar refractivity (Wildman–Crippen MR) is 61.0 cm³/mol. The first-order valence-electron chi connectivity index (χ1n) is 5.67. The van der Waals surface area contributed by atoms with E-state index in [1.807, 2.05) is 10.2 Å². The van der Waals surface area contributed by atoms with E-state index in [1.165, 1.54) is 0 Å². The van der Waals surface area contributed by atoms with Gasteiger partial charge in [-0.3, -0.25) is 14.9 Å². The number of carbonyl (C=O) groups excluding carboxylic acids is 3. The van der Waals surface area contributed by atoms with Crippen molar-refractivity contribution in [1.82, 2.24) is 15.5 Å². The highest BCUT2D eigenvalue weighted by Crippen LogP contribution is 2.08. The van der Waals surface area contributed by atoms with Gasteiger partial charge in [0.1, 0.15) is 0 Å². The molecule has 0 aliphatic carbocycles. The molecule has 17 heavy (non-hydrogen) atoms. The van der Waals surface area contributed by atoms with Gasteiger partial charge in [-0.1, -0.05) is 0 Å². The first-order chi connectivity index (χ1) is 8.09. The number of primary amides is 1. The Labute approximate surface area is 99.7 Å². The van der Waals surface area contributed by atoms with Crippen LogP contribution in [0.2, 0.25) is 0 Å². The van der Waals surface area contributed by atoms with Crippen LogP contribution in [-0.4, -0.2) is 48.9 Å². The lowest BCUT2D eigenvalue weighted by molar-refractivity contribution is -0.130. The Morgan fingerprint density at radius 2 is 1.82 bits per heavy atom. The van der Waals surface area contributed by atoms with Crippen molar-refractivity contribution in [3.05, 3.63) is 0 Å². The fourth-order valence-electron chi connectivity index (χ4n) is 1.70. The van der Waals surface area contributed by atoms with E-state index in [4.69, 9.17) is 5.73 Å². The van der Waals surface area contributed by atoms with Gasteiger partial charge < -0.3 is 16.0 Å². The van der Waals surface area contributed by atoms with Crippen molar-refractivity contribution in [1.29, 1.82) is 0 Å². The molecule has 4 N–H and O–H groups in total. The number of urea groups is 1. The summed E-state index contributed by atoms with van der Waals surface area (Å²) in [5.41, 5.74) is 4.77. The standard InChI is InChI=1S/C10H18N4O3/c11-10(17)13-8(15)7-12-4-3-9(16)14-5-1-2-6-14/h12H,1-7H2,(H3,11,13,15,17). The summed E-state index contributed by atoms with van der Waals surface area (Å²) < 4.78 is 0. The highest BCUT2D eigenvalue weighted by molar-refractivity contribution is 5.94. The lowest BCUT2D eigenvalue weighted by Gasteiger charge is -2.14. The summed E-state index contributed by atoms with van der Waals surface area (Å²) in [5, 5.41) is 4.71. The van der Waals surface area contributed by atoms with Gasteiger partial charge in [0, 0.05) is 26.1 Å². The molecule has 4 amide bonds. The average Bonchev–Trinajstić information content (AvgIpc) is 2.76. The van der Waals surface area contributed by atoms with E-state index in [9.17, 15) is 14.4 Å². The molecule has 0 spiro atoms. The van der Waals surface area contributed by atoms with Crippen LogP contribution in [0.25, 0.3) is 0 Å². The Morgan fingerprint density at radius 3 is 2.41 bits per heavy atom. The topological polar surface area (TPSA) is 105 Å². The molecule has 1 aliphatic rings. The molecule has 1 aliphatic heterocycles. The van der Waals surface area contributed by atoms with Gasteiger partial charge in [-0.2, -0.15) is 0 Å². The molecule has 7 nitrogen and oxygen atoms in total. The molecular formula is C10H18N4O3. The summed E-state index contributed by atoms with van der Waals surface area (Å²) in [6.07, 6.45) is 2.50. The fourth-order valence-corrected chi connectivity index (χ4v) is 1.70. The molecule has 0 unspecified atom stereocenters. The van der Waals surface area contributed by atoms with Crippen LogP contribution in [0.1, 0.15) is 19.3 Å². The Morgan fingerprint density at radius 1 is 1.18 bits per heavy atom. The zero-order valence-electron chi connectivity index (χ0n) is 9.70. The lowest BCUT2D eigenvalue weighted by Crippen LogP contribution is -2.41. The summed E-state index contributed by atoms with van der Waals surface area (Å²) in [7, 11) is 0. The maximum absolute atomic E-state index is 11.6. The number of nitrogens with two attached hydrogens (primary N) is 1. The summed E-state index contributed by atoms with van der Waals surface area (Å²) in [6.45, 7) is 2.07. The van der Waals surface area contributed by atoms with Crippen LogP contribution in [0.4, 0.5) is 4.79 Å². The highest BCUT2D eigenvalue weighted by Gasteiger charge is 2.16. The summed E-state index contributed by atoms with van der Waals surface area (Å²) in [5.74, 6) is -0.392. The maximum Gasteiger partial charge on any atom is 0.318 e. The zero-order chi connectivity index (χ0) is 12.7. The number of nitrogens with zero attached hydrogens (tertiary/aromatic N) is 1. The molecule has 0 aromatic rings. The largest absolute Gasteiger partial charge is 0.351 e. The number of carbonyl (C=O) groups is 3. The Balaban J connectivity index is 2.05. The number of imide groups is 1. The molecule has 0 atom stereocenters. The third kappa shape index (κ3) is 5.30. The second kappa shape index (κ2) is 6.85. The molecular weight excluding hydrogens is 224 g/mol.